The normalized spacial score (nSPS) is 16.1. The lowest BCUT2D eigenvalue weighted by atomic mass is 10.1. The molecule has 1 amide bonds. The molecule has 2 aromatic carbocycles. The van der Waals surface area contributed by atoms with Crippen molar-refractivity contribution in [2.24, 2.45) is 5.16 Å². The highest BCUT2D eigenvalue weighted by Crippen LogP contribution is 2.32. The van der Waals surface area contributed by atoms with Crippen LogP contribution in [-0.2, 0) is 9.63 Å². The fraction of sp³-hybridized carbons (Fsp3) is 0.333. The maximum Gasteiger partial charge on any atom is 0.263 e. The van der Waals surface area contributed by atoms with Gasteiger partial charge in [0.05, 0.1) is 5.71 Å². The number of ether oxygens (including phenoxy) is 2. The first kappa shape index (κ1) is 19.4. The van der Waals surface area contributed by atoms with E-state index in [-0.39, 0.29) is 19.3 Å². The Morgan fingerprint density at radius 1 is 1.10 bits per heavy atom. The van der Waals surface area contributed by atoms with Crippen molar-refractivity contribution >= 4 is 28.9 Å². The number of benzene rings is 2. The summed E-state index contributed by atoms with van der Waals surface area (Å²) in [6.45, 7) is 4.76. The second-order valence-electron chi connectivity index (χ2n) is 6.87. The number of rotatable bonds is 5. The van der Waals surface area contributed by atoms with Gasteiger partial charge in [-0.2, -0.15) is 0 Å². The lowest BCUT2D eigenvalue weighted by molar-refractivity contribution is -0.136. The average Bonchev–Trinajstić information content (AvgIpc) is 3.21. The maximum atomic E-state index is 12.4. The summed E-state index contributed by atoms with van der Waals surface area (Å²) in [5.74, 6) is 1.33. The third-order valence-electron chi connectivity index (χ3n) is 4.99. The first-order valence-corrected chi connectivity index (χ1v) is 9.83. The number of carbonyl (C=O) groups excluding carboxylic acids is 1. The Balaban J connectivity index is 1.26. The van der Waals surface area contributed by atoms with Crippen LogP contribution in [0.25, 0.3) is 0 Å². The topological polar surface area (TPSA) is 63.6 Å². The predicted octanol–water partition coefficient (Wildman–Crippen LogP) is 3.16. The first-order chi connectivity index (χ1) is 14.1. The number of piperazine rings is 1. The SMILES string of the molecule is C/C(=N/OCC(=O)N1CCN(c2cccc(Cl)c2)CC1)c1ccc2c(c1)OCO2. The molecular formula is C21H22ClN3O4. The van der Waals surface area contributed by atoms with E-state index in [2.05, 4.69) is 10.1 Å². The molecule has 0 aliphatic carbocycles. The molecule has 0 bridgehead atoms. The van der Waals surface area contributed by atoms with Crippen LogP contribution in [0.15, 0.2) is 47.6 Å². The summed E-state index contributed by atoms with van der Waals surface area (Å²) in [6, 6.07) is 13.3. The largest absolute Gasteiger partial charge is 0.454 e. The van der Waals surface area contributed by atoms with Crippen LogP contribution in [0.1, 0.15) is 12.5 Å². The van der Waals surface area contributed by atoms with Crippen LogP contribution in [0.5, 0.6) is 11.5 Å². The maximum absolute atomic E-state index is 12.4. The van der Waals surface area contributed by atoms with E-state index < -0.39 is 0 Å². The first-order valence-electron chi connectivity index (χ1n) is 9.45. The highest BCUT2D eigenvalue weighted by Gasteiger charge is 2.22. The van der Waals surface area contributed by atoms with Gasteiger partial charge < -0.3 is 24.1 Å². The molecule has 2 aliphatic heterocycles. The van der Waals surface area contributed by atoms with Gasteiger partial charge in [-0.15, -0.1) is 0 Å². The number of halogens is 1. The molecule has 0 saturated carbocycles. The number of carbonyl (C=O) groups is 1. The molecule has 1 saturated heterocycles. The minimum absolute atomic E-state index is 0.0713. The van der Waals surface area contributed by atoms with Gasteiger partial charge in [0.2, 0.25) is 6.79 Å². The molecule has 0 atom stereocenters. The van der Waals surface area contributed by atoms with Crippen LogP contribution in [0.4, 0.5) is 5.69 Å². The number of nitrogens with zero attached hydrogens (tertiary/aromatic N) is 3. The number of hydrogen-bond acceptors (Lipinski definition) is 6. The third kappa shape index (κ3) is 4.56. The van der Waals surface area contributed by atoms with Crippen molar-refractivity contribution in [3.8, 4) is 11.5 Å². The van der Waals surface area contributed by atoms with Gasteiger partial charge >= 0.3 is 0 Å². The van der Waals surface area contributed by atoms with Gasteiger partial charge in [-0.25, -0.2) is 0 Å². The van der Waals surface area contributed by atoms with Crippen molar-refractivity contribution in [2.75, 3.05) is 44.5 Å². The lowest BCUT2D eigenvalue weighted by Crippen LogP contribution is -2.49. The quantitative estimate of drug-likeness (QED) is 0.554. The van der Waals surface area contributed by atoms with Gasteiger partial charge in [0.25, 0.3) is 5.91 Å². The summed E-state index contributed by atoms with van der Waals surface area (Å²) in [6.07, 6.45) is 0. The van der Waals surface area contributed by atoms with Gasteiger partial charge in [-0.3, -0.25) is 4.79 Å². The molecule has 152 valence electrons. The van der Waals surface area contributed by atoms with E-state index in [0.717, 1.165) is 30.1 Å². The monoisotopic (exact) mass is 415 g/mol. The molecule has 2 heterocycles. The van der Waals surface area contributed by atoms with E-state index in [0.29, 0.717) is 29.6 Å². The Bertz CT molecular complexity index is 926. The van der Waals surface area contributed by atoms with E-state index in [9.17, 15) is 4.79 Å². The Kier molecular flexibility index (Phi) is 5.76. The number of oxime groups is 1. The molecule has 0 radical (unpaired) electrons. The van der Waals surface area contributed by atoms with Crippen molar-refractivity contribution in [1.29, 1.82) is 0 Å². The molecule has 0 N–H and O–H groups in total. The van der Waals surface area contributed by atoms with Crippen molar-refractivity contribution in [3.63, 3.8) is 0 Å². The number of fused-ring (bicyclic) bond motifs is 1. The Morgan fingerprint density at radius 2 is 1.90 bits per heavy atom. The van der Waals surface area contributed by atoms with Crippen molar-refractivity contribution in [2.45, 2.75) is 6.92 Å². The number of hydrogen-bond donors (Lipinski definition) is 0. The Labute approximate surface area is 174 Å². The average molecular weight is 416 g/mol. The summed E-state index contributed by atoms with van der Waals surface area (Å²) in [7, 11) is 0. The van der Waals surface area contributed by atoms with E-state index in [1.165, 1.54) is 0 Å². The van der Waals surface area contributed by atoms with Gasteiger partial charge in [0.1, 0.15) is 0 Å². The molecule has 2 aromatic rings. The third-order valence-corrected chi connectivity index (χ3v) is 5.22. The Hall–Kier alpha value is -2.93. The van der Waals surface area contributed by atoms with Crippen LogP contribution < -0.4 is 14.4 Å². The number of amides is 1. The fourth-order valence-electron chi connectivity index (χ4n) is 3.34. The number of anilines is 1. The van der Waals surface area contributed by atoms with Crippen molar-refractivity contribution in [1.82, 2.24) is 4.90 Å². The molecule has 0 unspecified atom stereocenters. The standard InChI is InChI=1S/C21H22ClN3O4/c1-15(16-5-6-19-20(11-16)28-14-27-19)23-29-13-21(26)25-9-7-24(8-10-25)18-4-2-3-17(22)12-18/h2-6,11-12H,7-10,13-14H2,1H3/b23-15-. The zero-order chi connectivity index (χ0) is 20.2. The smallest absolute Gasteiger partial charge is 0.263 e. The fourth-order valence-corrected chi connectivity index (χ4v) is 3.52. The Morgan fingerprint density at radius 3 is 2.69 bits per heavy atom. The van der Waals surface area contributed by atoms with Crippen LogP contribution in [0.3, 0.4) is 0 Å². The predicted molar refractivity (Wildman–Crippen MR) is 111 cm³/mol. The summed E-state index contributed by atoms with van der Waals surface area (Å²) in [4.78, 5) is 21.7. The zero-order valence-electron chi connectivity index (χ0n) is 16.1. The van der Waals surface area contributed by atoms with E-state index >= 15 is 0 Å². The highest BCUT2D eigenvalue weighted by atomic mass is 35.5. The van der Waals surface area contributed by atoms with Gasteiger partial charge in [-0.05, 0) is 43.3 Å². The summed E-state index contributed by atoms with van der Waals surface area (Å²) in [5, 5.41) is 4.79. The molecule has 0 aromatic heterocycles. The summed E-state index contributed by atoms with van der Waals surface area (Å²) >= 11 is 6.06. The van der Waals surface area contributed by atoms with Crippen LogP contribution in [0.2, 0.25) is 5.02 Å². The molecule has 2 aliphatic rings. The van der Waals surface area contributed by atoms with E-state index in [1.807, 2.05) is 49.4 Å². The zero-order valence-corrected chi connectivity index (χ0v) is 16.9. The van der Waals surface area contributed by atoms with Crippen molar-refractivity contribution < 1.29 is 19.1 Å². The molecular weight excluding hydrogens is 394 g/mol. The molecule has 1 fully saturated rings. The van der Waals surface area contributed by atoms with Gasteiger partial charge in [0.15, 0.2) is 18.1 Å². The second kappa shape index (κ2) is 8.61. The van der Waals surface area contributed by atoms with Gasteiger partial charge in [-0.1, -0.05) is 22.8 Å². The van der Waals surface area contributed by atoms with Crippen LogP contribution in [-0.4, -0.2) is 56.1 Å². The lowest BCUT2D eigenvalue weighted by Gasteiger charge is -2.36. The van der Waals surface area contributed by atoms with E-state index in [4.69, 9.17) is 25.9 Å². The summed E-state index contributed by atoms with van der Waals surface area (Å²) < 4.78 is 10.7. The second-order valence-corrected chi connectivity index (χ2v) is 7.30. The van der Waals surface area contributed by atoms with Crippen LogP contribution in [0, 0.1) is 0 Å². The minimum Gasteiger partial charge on any atom is -0.454 e. The van der Waals surface area contributed by atoms with Crippen LogP contribution >= 0.6 is 11.6 Å². The molecule has 7 nitrogen and oxygen atoms in total. The van der Waals surface area contributed by atoms with Crippen molar-refractivity contribution in [3.05, 3.63) is 53.1 Å². The minimum atomic E-state index is -0.0843. The highest BCUT2D eigenvalue weighted by molar-refractivity contribution is 6.30. The van der Waals surface area contributed by atoms with E-state index in [1.54, 1.807) is 4.90 Å². The molecule has 4 rings (SSSR count). The summed E-state index contributed by atoms with van der Waals surface area (Å²) in [5.41, 5.74) is 2.60. The molecule has 0 spiro atoms. The molecule has 29 heavy (non-hydrogen) atoms. The van der Waals surface area contributed by atoms with Gasteiger partial charge in [0, 0.05) is 42.5 Å². The molecule has 8 heteroatoms.